The summed E-state index contributed by atoms with van der Waals surface area (Å²) in [5.41, 5.74) is 2.30. The van der Waals surface area contributed by atoms with E-state index in [2.05, 4.69) is 36.3 Å². The monoisotopic (exact) mass is 405 g/mol. The van der Waals surface area contributed by atoms with Crippen molar-refractivity contribution in [3.05, 3.63) is 36.0 Å². The van der Waals surface area contributed by atoms with Crippen LogP contribution in [0.25, 0.3) is 10.9 Å². The molecule has 1 amide bonds. The van der Waals surface area contributed by atoms with Gasteiger partial charge in [0.05, 0.1) is 17.6 Å². The Morgan fingerprint density at radius 1 is 1.25 bits per heavy atom. The van der Waals surface area contributed by atoms with E-state index in [1.165, 1.54) is 10.9 Å². The molecule has 0 aliphatic carbocycles. The van der Waals surface area contributed by atoms with Gasteiger partial charge in [0.2, 0.25) is 5.91 Å². The van der Waals surface area contributed by atoms with Crippen LogP contribution in [0.3, 0.4) is 0 Å². The van der Waals surface area contributed by atoms with E-state index < -0.39 is 0 Å². The Morgan fingerprint density at radius 2 is 1.93 bits per heavy atom. The van der Waals surface area contributed by atoms with Crippen molar-refractivity contribution >= 4 is 34.0 Å². The Hall–Kier alpha value is -1.96. The number of H-pyrrole nitrogens is 1. The molecule has 1 aromatic heterocycles. The van der Waals surface area contributed by atoms with E-state index in [-0.39, 0.29) is 24.2 Å². The summed E-state index contributed by atoms with van der Waals surface area (Å²) in [5.74, 6) is 0.188. The summed E-state index contributed by atoms with van der Waals surface area (Å²) in [4.78, 5) is 18.2. The first-order chi connectivity index (χ1) is 13.4. The van der Waals surface area contributed by atoms with Crippen LogP contribution in [0.5, 0.6) is 0 Å². The number of benzene rings is 1. The normalized spacial score (nSPS) is 12.5. The van der Waals surface area contributed by atoms with Gasteiger partial charge in [-0.1, -0.05) is 44.3 Å². The van der Waals surface area contributed by atoms with Gasteiger partial charge in [-0.2, -0.15) is 0 Å². The van der Waals surface area contributed by atoms with Crippen LogP contribution in [0.4, 0.5) is 0 Å². The number of hydrogen-bond donors (Lipinski definition) is 2. The van der Waals surface area contributed by atoms with Crippen LogP contribution in [0.1, 0.15) is 26.3 Å². The molecule has 0 spiro atoms. The molecule has 0 fully saturated rings. The van der Waals surface area contributed by atoms with E-state index in [1.54, 1.807) is 21.1 Å². The van der Waals surface area contributed by atoms with Crippen LogP contribution in [-0.4, -0.2) is 60.4 Å². The highest BCUT2D eigenvalue weighted by molar-refractivity contribution is 7.80. The third-order valence-corrected chi connectivity index (χ3v) is 5.29. The maximum Gasteiger partial charge on any atom is 0.220 e. The summed E-state index contributed by atoms with van der Waals surface area (Å²) in [6, 6.07) is 8.00. The Morgan fingerprint density at radius 3 is 2.54 bits per heavy atom. The molecular formula is C21H31N3O3S. The van der Waals surface area contributed by atoms with Crippen molar-refractivity contribution in [2.24, 2.45) is 5.92 Å². The number of aromatic nitrogens is 1. The second-order valence-corrected chi connectivity index (χ2v) is 7.60. The number of rotatable bonds is 10. The number of hydrogen-bond acceptors (Lipinski definition) is 4. The molecule has 6 nitrogen and oxygen atoms in total. The Balaban J connectivity index is 2.11. The van der Waals surface area contributed by atoms with Crippen LogP contribution in [0.2, 0.25) is 0 Å². The van der Waals surface area contributed by atoms with Crippen molar-refractivity contribution in [3.8, 4) is 0 Å². The average Bonchev–Trinajstić information content (AvgIpc) is 3.08. The lowest BCUT2D eigenvalue weighted by Crippen LogP contribution is -2.52. The molecule has 0 aliphatic heterocycles. The Bertz CT molecular complexity index is 786. The lowest BCUT2D eigenvalue weighted by molar-refractivity contribution is -0.130. The van der Waals surface area contributed by atoms with Gasteiger partial charge in [-0.05, 0) is 24.0 Å². The third kappa shape index (κ3) is 5.53. The Labute approximate surface area is 172 Å². The van der Waals surface area contributed by atoms with E-state index in [1.807, 2.05) is 23.2 Å². The van der Waals surface area contributed by atoms with Crippen molar-refractivity contribution in [1.82, 2.24) is 15.2 Å². The first-order valence-electron chi connectivity index (χ1n) is 9.54. The number of ether oxygens (including phenoxy) is 2. The number of methoxy groups -OCH3 is 2. The van der Waals surface area contributed by atoms with Crippen molar-refractivity contribution in [2.45, 2.75) is 39.5 Å². The zero-order chi connectivity index (χ0) is 20.7. The van der Waals surface area contributed by atoms with Crippen molar-refractivity contribution in [3.63, 3.8) is 0 Å². The lowest BCUT2D eigenvalue weighted by atomic mass is 10.0. The van der Waals surface area contributed by atoms with Gasteiger partial charge in [0.1, 0.15) is 0 Å². The molecule has 1 atom stereocenters. The number of amides is 1. The zero-order valence-corrected chi connectivity index (χ0v) is 18.1. The first-order valence-corrected chi connectivity index (χ1v) is 9.95. The molecule has 2 N–H and O–H groups in total. The number of nitrogens with one attached hydrogen (secondary N) is 2. The van der Waals surface area contributed by atoms with Gasteiger partial charge in [-0.3, -0.25) is 4.79 Å². The van der Waals surface area contributed by atoms with Gasteiger partial charge in [-0.15, -0.1) is 0 Å². The van der Waals surface area contributed by atoms with Crippen LogP contribution in [0, 0.1) is 5.92 Å². The van der Waals surface area contributed by atoms with Crippen LogP contribution >= 0.6 is 12.2 Å². The number of thiocarbonyl (C=S) groups is 1. The van der Waals surface area contributed by atoms with E-state index in [0.29, 0.717) is 18.1 Å². The molecule has 0 aliphatic rings. The SMILES string of the molecule is COC(CNC(=S)C(C(C)C)N(CCc1c[nH]c2ccccc12)C(C)=O)OC. The summed E-state index contributed by atoms with van der Waals surface area (Å²) < 4.78 is 10.4. The molecule has 1 aromatic carbocycles. The maximum atomic E-state index is 12.4. The standard InChI is InChI=1S/C21H31N3O3S/c1-14(2)20(21(28)23-13-19(26-4)27-5)24(15(3)25)11-10-16-12-22-18-9-7-6-8-17(16)18/h6-9,12,14,19-20,22H,10-11,13H2,1-5H3,(H,23,28). The zero-order valence-electron chi connectivity index (χ0n) is 17.3. The minimum Gasteiger partial charge on any atom is -0.373 e. The topological polar surface area (TPSA) is 66.6 Å². The first kappa shape index (κ1) is 22.3. The number of para-hydroxylation sites is 1. The van der Waals surface area contributed by atoms with Crippen LogP contribution in [0.15, 0.2) is 30.5 Å². The number of carbonyl (C=O) groups excluding carboxylic acids is 1. The Kier molecular flexibility index (Phi) is 8.41. The molecular weight excluding hydrogens is 374 g/mol. The summed E-state index contributed by atoms with van der Waals surface area (Å²) in [6.07, 6.45) is 2.39. The summed E-state index contributed by atoms with van der Waals surface area (Å²) >= 11 is 5.63. The molecule has 7 heteroatoms. The highest BCUT2D eigenvalue weighted by atomic mass is 32.1. The van der Waals surface area contributed by atoms with Crippen molar-refractivity contribution in [1.29, 1.82) is 0 Å². The minimum atomic E-state index is -0.386. The minimum absolute atomic E-state index is 0.0118. The third-order valence-electron chi connectivity index (χ3n) is 4.91. The molecule has 154 valence electrons. The predicted octanol–water partition coefficient (Wildman–Crippen LogP) is 3.12. The molecule has 0 radical (unpaired) electrons. The highest BCUT2D eigenvalue weighted by Gasteiger charge is 2.28. The second-order valence-electron chi connectivity index (χ2n) is 7.16. The number of nitrogens with zero attached hydrogens (tertiary/aromatic N) is 1. The maximum absolute atomic E-state index is 12.4. The van der Waals surface area contributed by atoms with Gasteiger partial charge >= 0.3 is 0 Å². The van der Waals surface area contributed by atoms with Gasteiger partial charge in [-0.25, -0.2) is 0 Å². The van der Waals surface area contributed by atoms with Gasteiger partial charge in [0, 0.05) is 44.8 Å². The fraction of sp³-hybridized carbons (Fsp3) is 0.524. The van der Waals surface area contributed by atoms with E-state index in [0.717, 1.165) is 11.9 Å². The average molecular weight is 406 g/mol. The lowest BCUT2D eigenvalue weighted by Gasteiger charge is -2.35. The molecule has 28 heavy (non-hydrogen) atoms. The quantitative estimate of drug-likeness (QED) is 0.470. The molecule has 1 unspecified atom stereocenters. The predicted molar refractivity (Wildman–Crippen MR) is 116 cm³/mol. The largest absolute Gasteiger partial charge is 0.373 e. The molecule has 0 saturated carbocycles. The number of carbonyl (C=O) groups is 1. The van der Waals surface area contributed by atoms with Gasteiger partial charge in [0.25, 0.3) is 0 Å². The molecule has 0 saturated heterocycles. The molecule has 2 rings (SSSR count). The van der Waals surface area contributed by atoms with Crippen LogP contribution < -0.4 is 5.32 Å². The van der Waals surface area contributed by atoms with Gasteiger partial charge in [0.15, 0.2) is 6.29 Å². The van der Waals surface area contributed by atoms with E-state index in [4.69, 9.17) is 21.7 Å². The molecule has 1 heterocycles. The smallest absolute Gasteiger partial charge is 0.220 e. The summed E-state index contributed by atoms with van der Waals surface area (Å²) in [7, 11) is 3.17. The van der Waals surface area contributed by atoms with Gasteiger partial charge < -0.3 is 24.7 Å². The summed E-state index contributed by atoms with van der Waals surface area (Å²) in [6.45, 7) is 6.78. The fourth-order valence-corrected chi connectivity index (χ4v) is 3.91. The fourth-order valence-electron chi connectivity index (χ4n) is 3.43. The number of aromatic amines is 1. The van der Waals surface area contributed by atoms with Crippen LogP contribution in [-0.2, 0) is 20.7 Å². The highest BCUT2D eigenvalue weighted by Crippen LogP contribution is 2.20. The van der Waals surface area contributed by atoms with E-state index in [9.17, 15) is 4.79 Å². The second kappa shape index (κ2) is 10.5. The molecule has 0 bridgehead atoms. The number of fused-ring (bicyclic) bond motifs is 1. The van der Waals surface area contributed by atoms with Crippen molar-refractivity contribution in [2.75, 3.05) is 27.3 Å². The van der Waals surface area contributed by atoms with E-state index >= 15 is 0 Å². The molecule has 2 aromatic rings. The summed E-state index contributed by atoms with van der Waals surface area (Å²) in [5, 5.41) is 4.40. The van der Waals surface area contributed by atoms with Crippen molar-refractivity contribution < 1.29 is 14.3 Å².